The van der Waals surface area contributed by atoms with Crippen LogP contribution in [0.25, 0.3) is 0 Å². The number of nitrogens with zero attached hydrogens (tertiary/aromatic N) is 3. The lowest BCUT2D eigenvalue weighted by molar-refractivity contribution is 0.0769. The molecule has 3 rings (SSSR count). The van der Waals surface area contributed by atoms with Crippen LogP contribution >= 0.6 is 11.8 Å². The van der Waals surface area contributed by atoms with Crippen molar-refractivity contribution < 1.29 is 14.1 Å². The molecule has 0 aliphatic carbocycles. The SMILES string of the molecule is Cc1cc(CSc2ncccc2C(=O)N(C)CCOc2ccccc2C)no1. The van der Waals surface area contributed by atoms with Crippen LogP contribution < -0.4 is 4.74 Å². The fraction of sp³-hybridized carbons (Fsp3) is 0.286. The van der Waals surface area contributed by atoms with Crippen LogP contribution in [0.3, 0.4) is 0 Å². The predicted molar refractivity (Wildman–Crippen MR) is 109 cm³/mol. The fourth-order valence-electron chi connectivity index (χ4n) is 2.61. The number of carbonyl (C=O) groups is 1. The van der Waals surface area contributed by atoms with Crippen molar-refractivity contribution in [2.45, 2.75) is 24.6 Å². The number of hydrogen-bond acceptors (Lipinski definition) is 6. The van der Waals surface area contributed by atoms with E-state index in [1.807, 2.05) is 44.2 Å². The molecule has 0 radical (unpaired) electrons. The van der Waals surface area contributed by atoms with E-state index in [2.05, 4.69) is 10.1 Å². The number of pyridine rings is 1. The molecule has 0 saturated carbocycles. The van der Waals surface area contributed by atoms with Gasteiger partial charge in [0.25, 0.3) is 5.91 Å². The van der Waals surface area contributed by atoms with Crippen LogP contribution in [0.4, 0.5) is 0 Å². The number of para-hydroxylation sites is 1. The van der Waals surface area contributed by atoms with E-state index >= 15 is 0 Å². The third-order valence-corrected chi connectivity index (χ3v) is 5.20. The van der Waals surface area contributed by atoms with Gasteiger partial charge < -0.3 is 14.2 Å². The zero-order valence-electron chi connectivity index (χ0n) is 16.2. The number of aryl methyl sites for hydroxylation is 2. The first-order valence-electron chi connectivity index (χ1n) is 8.98. The first kappa shape index (κ1) is 19.9. The van der Waals surface area contributed by atoms with E-state index in [4.69, 9.17) is 9.26 Å². The Bertz CT molecular complexity index is 942. The summed E-state index contributed by atoms with van der Waals surface area (Å²) in [5, 5.41) is 4.66. The summed E-state index contributed by atoms with van der Waals surface area (Å²) in [5.74, 6) is 2.11. The van der Waals surface area contributed by atoms with Crippen molar-refractivity contribution >= 4 is 17.7 Å². The minimum Gasteiger partial charge on any atom is -0.491 e. The Hall–Kier alpha value is -2.80. The molecule has 1 aromatic carbocycles. The molecule has 0 aliphatic heterocycles. The maximum atomic E-state index is 12.9. The highest BCUT2D eigenvalue weighted by molar-refractivity contribution is 7.98. The van der Waals surface area contributed by atoms with Crippen LogP contribution in [0, 0.1) is 13.8 Å². The van der Waals surface area contributed by atoms with E-state index in [1.54, 1.807) is 30.3 Å². The van der Waals surface area contributed by atoms with Crippen molar-refractivity contribution in [1.82, 2.24) is 15.0 Å². The second-order valence-corrected chi connectivity index (χ2v) is 7.38. The molecule has 3 aromatic rings. The first-order chi connectivity index (χ1) is 13.5. The number of thioether (sulfide) groups is 1. The summed E-state index contributed by atoms with van der Waals surface area (Å²) in [6.45, 7) is 4.76. The van der Waals surface area contributed by atoms with Crippen LogP contribution in [0.15, 0.2) is 58.2 Å². The largest absolute Gasteiger partial charge is 0.491 e. The van der Waals surface area contributed by atoms with Gasteiger partial charge in [-0.05, 0) is 37.6 Å². The maximum absolute atomic E-state index is 12.9. The Kier molecular flexibility index (Phi) is 6.71. The molecule has 146 valence electrons. The molecular formula is C21H23N3O3S. The molecule has 2 heterocycles. The minimum atomic E-state index is -0.0830. The number of likely N-dealkylation sites (N-methyl/N-ethyl adjacent to an activating group) is 1. The van der Waals surface area contributed by atoms with E-state index in [9.17, 15) is 4.79 Å². The second-order valence-electron chi connectivity index (χ2n) is 6.41. The van der Waals surface area contributed by atoms with Crippen LogP contribution in [-0.2, 0) is 5.75 Å². The van der Waals surface area contributed by atoms with Gasteiger partial charge in [0, 0.05) is 25.1 Å². The van der Waals surface area contributed by atoms with Crippen LogP contribution in [0.1, 0.15) is 27.4 Å². The average Bonchev–Trinajstić information content (AvgIpc) is 3.12. The van der Waals surface area contributed by atoms with E-state index in [0.29, 0.717) is 29.5 Å². The summed E-state index contributed by atoms with van der Waals surface area (Å²) in [4.78, 5) is 18.9. The third kappa shape index (κ3) is 5.13. The molecule has 0 bridgehead atoms. The molecule has 0 aliphatic rings. The highest BCUT2D eigenvalue weighted by atomic mass is 32.2. The van der Waals surface area contributed by atoms with Gasteiger partial charge in [-0.15, -0.1) is 0 Å². The minimum absolute atomic E-state index is 0.0830. The van der Waals surface area contributed by atoms with E-state index in [0.717, 1.165) is 22.8 Å². The highest BCUT2D eigenvalue weighted by Gasteiger charge is 2.17. The van der Waals surface area contributed by atoms with Gasteiger partial charge in [0.2, 0.25) is 0 Å². The molecule has 0 atom stereocenters. The summed E-state index contributed by atoms with van der Waals surface area (Å²) in [7, 11) is 1.77. The molecule has 1 amide bonds. The fourth-order valence-corrected chi connectivity index (χ4v) is 3.48. The number of benzene rings is 1. The monoisotopic (exact) mass is 397 g/mol. The summed E-state index contributed by atoms with van der Waals surface area (Å²) >= 11 is 1.47. The molecule has 6 nitrogen and oxygen atoms in total. The Labute approximate surface area is 168 Å². The average molecular weight is 398 g/mol. The van der Waals surface area contributed by atoms with E-state index in [1.165, 1.54) is 11.8 Å². The van der Waals surface area contributed by atoms with Gasteiger partial charge in [-0.25, -0.2) is 4.98 Å². The van der Waals surface area contributed by atoms with Gasteiger partial charge in [-0.1, -0.05) is 35.1 Å². The maximum Gasteiger partial charge on any atom is 0.256 e. The topological polar surface area (TPSA) is 68.5 Å². The van der Waals surface area contributed by atoms with Crippen molar-refractivity contribution in [3.63, 3.8) is 0 Å². The van der Waals surface area contributed by atoms with Crippen LogP contribution in [0.2, 0.25) is 0 Å². The van der Waals surface area contributed by atoms with Crippen molar-refractivity contribution in [2.24, 2.45) is 0 Å². The first-order valence-corrected chi connectivity index (χ1v) is 9.97. The number of hydrogen-bond donors (Lipinski definition) is 0. The van der Waals surface area contributed by atoms with Crippen molar-refractivity contribution in [3.05, 3.63) is 71.2 Å². The third-order valence-electron chi connectivity index (χ3n) is 4.16. The molecule has 7 heteroatoms. The molecule has 2 aromatic heterocycles. The Morgan fingerprint density at radius 1 is 1.21 bits per heavy atom. The van der Waals surface area contributed by atoms with Crippen molar-refractivity contribution in [3.8, 4) is 5.75 Å². The molecule has 0 unspecified atom stereocenters. The lowest BCUT2D eigenvalue weighted by Gasteiger charge is -2.19. The van der Waals surface area contributed by atoms with Gasteiger partial charge in [0.15, 0.2) is 0 Å². The number of carbonyl (C=O) groups excluding carboxylic acids is 1. The summed E-state index contributed by atoms with van der Waals surface area (Å²) in [5.41, 5.74) is 2.48. The lowest BCUT2D eigenvalue weighted by atomic mass is 10.2. The van der Waals surface area contributed by atoms with E-state index < -0.39 is 0 Å². The summed E-state index contributed by atoms with van der Waals surface area (Å²) in [6, 6.07) is 13.3. The molecular weight excluding hydrogens is 374 g/mol. The van der Waals surface area contributed by atoms with Gasteiger partial charge in [-0.2, -0.15) is 0 Å². The Balaban J connectivity index is 1.59. The zero-order valence-corrected chi connectivity index (χ0v) is 17.0. The normalized spacial score (nSPS) is 10.7. The highest BCUT2D eigenvalue weighted by Crippen LogP contribution is 2.25. The number of ether oxygens (including phenoxy) is 1. The summed E-state index contributed by atoms with van der Waals surface area (Å²) in [6.07, 6.45) is 1.69. The standard InChI is InChI=1S/C21H23N3O3S/c1-15-7-4-5-9-19(15)26-12-11-24(3)21(25)18-8-6-10-22-20(18)28-14-17-13-16(2)27-23-17/h4-10,13H,11-12,14H2,1-3H3. The van der Waals surface area contributed by atoms with E-state index in [-0.39, 0.29) is 5.91 Å². The van der Waals surface area contributed by atoms with Crippen LogP contribution in [0.5, 0.6) is 5.75 Å². The quantitative estimate of drug-likeness (QED) is 0.533. The smallest absolute Gasteiger partial charge is 0.256 e. The lowest BCUT2D eigenvalue weighted by Crippen LogP contribution is -2.31. The van der Waals surface area contributed by atoms with Crippen molar-refractivity contribution in [2.75, 3.05) is 20.2 Å². The molecule has 0 fully saturated rings. The van der Waals surface area contributed by atoms with Gasteiger partial charge >= 0.3 is 0 Å². The van der Waals surface area contributed by atoms with Gasteiger partial charge in [0.1, 0.15) is 23.1 Å². The zero-order chi connectivity index (χ0) is 19.9. The molecule has 0 N–H and O–H groups in total. The predicted octanol–water partition coefficient (Wildman–Crippen LogP) is 4.13. The van der Waals surface area contributed by atoms with Gasteiger partial charge in [0.05, 0.1) is 17.8 Å². The Morgan fingerprint density at radius 3 is 2.79 bits per heavy atom. The molecule has 0 spiro atoms. The number of aromatic nitrogens is 2. The number of rotatable bonds is 8. The Morgan fingerprint density at radius 2 is 2.04 bits per heavy atom. The molecule has 0 saturated heterocycles. The van der Waals surface area contributed by atoms with Crippen LogP contribution in [-0.4, -0.2) is 41.1 Å². The second kappa shape index (κ2) is 9.41. The summed E-state index contributed by atoms with van der Waals surface area (Å²) < 4.78 is 10.9. The van der Waals surface area contributed by atoms with Crippen molar-refractivity contribution in [1.29, 1.82) is 0 Å². The number of amides is 1. The molecule has 28 heavy (non-hydrogen) atoms. The van der Waals surface area contributed by atoms with Gasteiger partial charge in [-0.3, -0.25) is 4.79 Å².